The van der Waals surface area contributed by atoms with Crippen LogP contribution in [0, 0.1) is 11.3 Å². The smallest absolute Gasteiger partial charge is 0.323 e. The van der Waals surface area contributed by atoms with Gasteiger partial charge in [-0.1, -0.05) is 13.8 Å². The third-order valence-electron chi connectivity index (χ3n) is 4.83. The molecule has 104 valence electrons. The van der Waals surface area contributed by atoms with Crippen LogP contribution in [-0.2, 0) is 9.53 Å². The van der Waals surface area contributed by atoms with Crippen LogP contribution < -0.4 is 0 Å². The Bertz CT molecular complexity index is 300. The lowest BCUT2D eigenvalue weighted by Gasteiger charge is -2.41. The highest BCUT2D eigenvalue weighted by Crippen LogP contribution is 2.41. The highest BCUT2D eigenvalue weighted by molar-refractivity contribution is 5.76. The van der Waals surface area contributed by atoms with Gasteiger partial charge >= 0.3 is 5.97 Å². The topological polar surface area (TPSA) is 29.5 Å². The molecule has 2 fully saturated rings. The Kier molecular flexibility index (Phi) is 4.00. The highest BCUT2D eigenvalue weighted by Gasteiger charge is 2.42. The average Bonchev–Trinajstić information content (AvgIpc) is 3.13. The first-order valence-electron chi connectivity index (χ1n) is 7.24. The van der Waals surface area contributed by atoms with Crippen LogP contribution in [-0.4, -0.2) is 37.1 Å². The molecule has 1 unspecified atom stereocenters. The quantitative estimate of drug-likeness (QED) is 0.722. The molecular weight excluding hydrogens is 226 g/mol. The third-order valence-corrected chi connectivity index (χ3v) is 4.83. The molecule has 2 rings (SSSR count). The van der Waals surface area contributed by atoms with Crippen LogP contribution >= 0.6 is 0 Å². The molecular formula is C15H27NO2. The number of likely N-dealkylation sites (N-methyl/N-ethyl adjacent to an activating group) is 1. The van der Waals surface area contributed by atoms with E-state index in [2.05, 4.69) is 25.8 Å². The summed E-state index contributed by atoms with van der Waals surface area (Å²) in [5.41, 5.74) is 0.484. The second-order valence-corrected chi connectivity index (χ2v) is 6.87. The van der Waals surface area contributed by atoms with Crippen LogP contribution in [0.25, 0.3) is 0 Å². The van der Waals surface area contributed by atoms with Crippen LogP contribution in [0.5, 0.6) is 0 Å². The highest BCUT2D eigenvalue weighted by atomic mass is 16.5. The van der Waals surface area contributed by atoms with E-state index in [0.717, 1.165) is 0 Å². The summed E-state index contributed by atoms with van der Waals surface area (Å²) in [6.07, 6.45) is 7.32. The van der Waals surface area contributed by atoms with Crippen molar-refractivity contribution < 1.29 is 9.53 Å². The molecule has 2 aliphatic carbocycles. The molecule has 0 amide bonds. The predicted octanol–water partition coefficient (Wildman–Crippen LogP) is 2.84. The van der Waals surface area contributed by atoms with Crippen LogP contribution in [0.15, 0.2) is 0 Å². The van der Waals surface area contributed by atoms with E-state index in [4.69, 9.17) is 4.74 Å². The van der Waals surface area contributed by atoms with E-state index in [9.17, 15) is 4.79 Å². The standard InChI is InChI=1S/C15H27NO2/c1-15(2)9-7-12(8-10-15)16(3)13(11-5-6-11)14(17)18-4/h11-13H,5-10H2,1-4H3. The van der Waals surface area contributed by atoms with Crippen molar-refractivity contribution >= 4 is 5.97 Å². The van der Waals surface area contributed by atoms with E-state index in [1.165, 1.54) is 45.6 Å². The van der Waals surface area contributed by atoms with Crippen LogP contribution in [0.2, 0.25) is 0 Å². The number of ether oxygens (including phenoxy) is 1. The largest absolute Gasteiger partial charge is 0.468 e. The minimum absolute atomic E-state index is 0.00112. The van der Waals surface area contributed by atoms with E-state index < -0.39 is 0 Å². The van der Waals surface area contributed by atoms with Crippen molar-refractivity contribution in [3.63, 3.8) is 0 Å². The predicted molar refractivity (Wildman–Crippen MR) is 72.3 cm³/mol. The summed E-state index contributed by atoms with van der Waals surface area (Å²) in [4.78, 5) is 14.2. The minimum Gasteiger partial charge on any atom is -0.468 e. The molecule has 3 nitrogen and oxygen atoms in total. The molecule has 0 spiro atoms. The summed E-state index contributed by atoms with van der Waals surface area (Å²) in [6.45, 7) is 4.70. The fourth-order valence-corrected chi connectivity index (χ4v) is 3.24. The van der Waals surface area contributed by atoms with Gasteiger partial charge in [0.1, 0.15) is 6.04 Å². The molecule has 0 radical (unpaired) electrons. The summed E-state index contributed by atoms with van der Waals surface area (Å²) in [5, 5.41) is 0. The molecule has 0 aromatic carbocycles. The van der Waals surface area contributed by atoms with Gasteiger partial charge in [-0.2, -0.15) is 0 Å². The van der Waals surface area contributed by atoms with E-state index in [0.29, 0.717) is 17.4 Å². The Morgan fingerprint density at radius 2 is 1.78 bits per heavy atom. The van der Waals surface area contributed by atoms with E-state index in [1.54, 1.807) is 0 Å². The average molecular weight is 253 g/mol. The maximum absolute atomic E-state index is 11.9. The summed E-state index contributed by atoms with van der Waals surface area (Å²) in [7, 11) is 3.62. The summed E-state index contributed by atoms with van der Waals surface area (Å²) < 4.78 is 4.99. The second kappa shape index (κ2) is 5.20. The molecule has 0 heterocycles. The van der Waals surface area contributed by atoms with Gasteiger partial charge in [0.05, 0.1) is 7.11 Å². The van der Waals surface area contributed by atoms with Gasteiger partial charge in [-0.05, 0) is 56.9 Å². The molecule has 3 heteroatoms. The molecule has 2 aliphatic rings. The zero-order valence-corrected chi connectivity index (χ0v) is 12.2. The van der Waals surface area contributed by atoms with E-state index in [-0.39, 0.29) is 12.0 Å². The van der Waals surface area contributed by atoms with Crippen molar-refractivity contribution in [3.05, 3.63) is 0 Å². The Balaban J connectivity index is 1.96. The zero-order chi connectivity index (χ0) is 13.3. The first-order valence-corrected chi connectivity index (χ1v) is 7.24. The van der Waals surface area contributed by atoms with Gasteiger partial charge in [-0.25, -0.2) is 0 Å². The molecule has 0 aliphatic heterocycles. The van der Waals surface area contributed by atoms with Gasteiger partial charge in [0.15, 0.2) is 0 Å². The molecule has 0 aromatic rings. The molecule has 1 atom stereocenters. The van der Waals surface area contributed by atoms with Gasteiger partial charge in [-0.15, -0.1) is 0 Å². The van der Waals surface area contributed by atoms with Crippen LogP contribution in [0.4, 0.5) is 0 Å². The Morgan fingerprint density at radius 3 is 2.22 bits per heavy atom. The van der Waals surface area contributed by atoms with Gasteiger partial charge < -0.3 is 4.74 Å². The summed E-state index contributed by atoms with van der Waals surface area (Å²) >= 11 is 0. The lowest BCUT2D eigenvalue weighted by Crippen LogP contribution is -2.48. The van der Waals surface area contributed by atoms with Gasteiger partial charge in [-0.3, -0.25) is 9.69 Å². The monoisotopic (exact) mass is 253 g/mol. The van der Waals surface area contributed by atoms with Gasteiger partial charge in [0.2, 0.25) is 0 Å². The fraction of sp³-hybridized carbons (Fsp3) is 0.933. The zero-order valence-electron chi connectivity index (χ0n) is 12.2. The van der Waals surface area contributed by atoms with Crippen molar-refractivity contribution in [1.82, 2.24) is 4.90 Å². The van der Waals surface area contributed by atoms with E-state index in [1.807, 2.05) is 0 Å². The molecule has 0 aromatic heterocycles. The number of rotatable bonds is 4. The summed E-state index contributed by atoms with van der Waals surface area (Å²) in [6, 6.07) is 0.559. The number of methoxy groups -OCH3 is 1. The lowest BCUT2D eigenvalue weighted by molar-refractivity contribution is -0.148. The first-order chi connectivity index (χ1) is 8.44. The Morgan fingerprint density at radius 1 is 1.22 bits per heavy atom. The van der Waals surface area contributed by atoms with Crippen LogP contribution in [0.1, 0.15) is 52.4 Å². The normalized spacial score (nSPS) is 26.1. The number of hydrogen-bond donors (Lipinski definition) is 0. The van der Waals surface area contributed by atoms with Gasteiger partial charge in [0, 0.05) is 6.04 Å². The maximum atomic E-state index is 11.9. The first kappa shape index (κ1) is 13.9. The van der Waals surface area contributed by atoms with Crippen LogP contribution in [0.3, 0.4) is 0 Å². The molecule has 0 saturated heterocycles. The summed E-state index contributed by atoms with van der Waals surface area (Å²) in [5.74, 6) is 0.502. The maximum Gasteiger partial charge on any atom is 0.323 e. The van der Waals surface area contributed by atoms with E-state index >= 15 is 0 Å². The number of esters is 1. The SMILES string of the molecule is COC(=O)C(C1CC1)N(C)C1CCC(C)(C)CC1. The van der Waals surface area contributed by atoms with Crippen molar-refractivity contribution in [2.24, 2.45) is 11.3 Å². The number of nitrogens with zero attached hydrogens (tertiary/aromatic N) is 1. The Labute approximate surface area is 111 Å². The number of carbonyl (C=O) groups is 1. The number of hydrogen-bond acceptors (Lipinski definition) is 3. The molecule has 0 bridgehead atoms. The Hall–Kier alpha value is -0.570. The third kappa shape index (κ3) is 3.05. The van der Waals surface area contributed by atoms with Crippen molar-refractivity contribution in [1.29, 1.82) is 0 Å². The lowest BCUT2D eigenvalue weighted by atomic mass is 9.75. The molecule has 0 N–H and O–H groups in total. The van der Waals surface area contributed by atoms with Crippen molar-refractivity contribution in [2.75, 3.05) is 14.2 Å². The second-order valence-electron chi connectivity index (χ2n) is 6.87. The molecule has 18 heavy (non-hydrogen) atoms. The minimum atomic E-state index is -0.0372. The molecule has 2 saturated carbocycles. The number of carbonyl (C=O) groups excluding carboxylic acids is 1. The van der Waals surface area contributed by atoms with Crippen molar-refractivity contribution in [3.8, 4) is 0 Å². The van der Waals surface area contributed by atoms with Crippen molar-refractivity contribution in [2.45, 2.75) is 64.5 Å². The van der Waals surface area contributed by atoms with Gasteiger partial charge in [0.25, 0.3) is 0 Å². The fourth-order valence-electron chi connectivity index (χ4n) is 3.24.